The number of ether oxygens (including phenoxy) is 2. The fraction of sp³-hybridized carbons (Fsp3) is 0.609. The van der Waals surface area contributed by atoms with Crippen LogP contribution in [0.1, 0.15) is 42.6 Å². The van der Waals surface area contributed by atoms with Crippen LogP contribution in [0.4, 0.5) is 0 Å². The number of aryl methyl sites for hydroxylation is 1. The lowest BCUT2D eigenvalue weighted by atomic mass is 9.83. The molecule has 0 spiro atoms. The first-order valence-corrected chi connectivity index (χ1v) is 11.1. The molecule has 0 saturated carbocycles. The van der Waals surface area contributed by atoms with Crippen molar-refractivity contribution >= 4 is 22.7 Å². The van der Waals surface area contributed by atoms with Gasteiger partial charge in [-0.1, -0.05) is 18.2 Å². The quantitative estimate of drug-likeness (QED) is 0.762. The highest BCUT2D eigenvalue weighted by atomic mass is 16.5. The number of aromatic nitrogens is 2. The van der Waals surface area contributed by atoms with E-state index in [4.69, 9.17) is 9.47 Å². The molecule has 0 aliphatic carbocycles. The molecule has 1 N–H and O–H groups in total. The van der Waals surface area contributed by atoms with E-state index >= 15 is 0 Å². The van der Waals surface area contributed by atoms with Gasteiger partial charge >= 0.3 is 0 Å². The Bertz CT molecular complexity index is 927. The van der Waals surface area contributed by atoms with Crippen LogP contribution in [0.2, 0.25) is 0 Å². The predicted octanol–water partition coefficient (Wildman–Crippen LogP) is 2.13. The zero-order valence-electron chi connectivity index (χ0n) is 18.4. The van der Waals surface area contributed by atoms with Gasteiger partial charge in [0.05, 0.1) is 5.52 Å². The predicted molar refractivity (Wildman–Crippen MR) is 117 cm³/mol. The van der Waals surface area contributed by atoms with Crippen molar-refractivity contribution in [2.24, 2.45) is 13.0 Å². The summed E-state index contributed by atoms with van der Waals surface area (Å²) in [6.07, 6.45) is 3.70. The fourth-order valence-corrected chi connectivity index (χ4v) is 4.72. The Kier molecular flexibility index (Phi) is 6.57. The minimum Gasteiger partial charge on any atom is -0.385 e. The highest BCUT2D eigenvalue weighted by molar-refractivity contribution is 6.04. The third-order valence-electron chi connectivity index (χ3n) is 6.73. The number of benzene rings is 1. The van der Waals surface area contributed by atoms with Gasteiger partial charge in [0, 0.05) is 63.9 Å². The molecule has 8 heteroatoms. The van der Waals surface area contributed by atoms with Crippen LogP contribution in [0, 0.1) is 5.92 Å². The van der Waals surface area contributed by atoms with Gasteiger partial charge in [-0.3, -0.25) is 14.3 Å². The van der Waals surface area contributed by atoms with Crippen LogP contribution in [-0.2, 0) is 21.3 Å². The number of hydrogen-bond acceptors (Lipinski definition) is 5. The first-order valence-electron chi connectivity index (χ1n) is 11.1. The number of fused-ring (bicyclic) bond motifs is 1. The molecular weight excluding hydrogens is 396 g/mol. The van der Waals surface area contributed by atoms with Gasteiger partial charge in [0.1, 0.15) is 0 Å². The smallest absolute Gasteiger partial charge is 0.275 e. The summed E-state index contributed by atoms with van der Waals surface area (Å²) < 4.78 is 12.5. The molecular formula is C23H32N4O4. The minimum absolute atomic E-state index is 0.00714. The van der Waals surface area contributed by atoms with E-state index in [0.29, 0.717) is 51.4 Å². The monoisotopic (exact) mass is 428 g/mol. The van der Waals surface area contributed by atoms with Crippen molar-refractivity contribution in [2.45, 2.75) is 37.6 Å². The van der Waals surface area contributed by atoms with Gasteiger partial charge in [-0.15, -0.1) is 0 Å². The van der Waals surface area contributed by atoms with Crippen molar-refractivity contribution in [1.82, 2.24) is 20.0 Å². The highest BCUT2D eigenvalue weighted by Gasteiger charge is 2.39. The number of hydrogen-bond donors (Lipinski definition) is 1. The molecule has 2 aliphatic rings. The SMILES string of the molecule is COCCC1(NC(=O)C2CCOCC2)CCN(C(=O)c2nn(C)c3ccccc23)CC1. The normalized spacial score (nSPS) is 19.5. The molecule has 1 aromatic carbocycles. The molecule has 2 fully saturated rings. The minimum atomic E-state index is -0.339. The summed E-state index contributed by atoms with van der Waals surface area (Å²) in [4.78, 5) is 28.0. The number of likely N-dealkylation sites (tertiary alicyclic amines) is 1. The topological polar surface area (TPSA) is 85.7 Å². The molecule has 2 amide bonds. The van der Waals surface area contributed by atoms with E-state index in [1.165, 1.54) is 0 Å². The van der Waals surface area contributed by atoms with Crippen molar-refractivity contribution < 1.29 is 19.1 Å². The van der Waals surface area contributed by atoms with Crippen molar-refractivity contribution in [3.63, 3.8) is 0 Å². The van der Waals surface area contributed by atoms with Crippen LogP contribution in [0.25, 0.3) is 10.9 Å². The zero-order chi connectivity index (χ0) is 21.8. The summed E-state index contributed by atoms with van der Waals surface area (Å²) in [6, 6.07) is 7.79. The number of amides is 2. The number of carbonyl (C=O) groups excluding carboxylic acids is 2. The third-order valence-corrected chi connectivity index (χ3v) is 6.73. The molecule has 8 nitrogen and oxygen atoms in total. The molecule has 31 heavy (non-hydrogen) atoms. The number of nitrogens with one attached hydrogen (secondary N) is 1. The lowest BCUT2D eigenvalue weighted by Gasteiger charge is -2.43. The Morgan fingerprint density at radius 1 is 1.23 bits per heavy atom. The van der Waals surface area contributed by atoms with Crippen molar-refractivity contribution in [3.8, 4) is 0 Å². The second-order valence-corrected chi connectivity index (χ2v) is 8.68. The molecule has 0 unspecified atom stereocenters. The molecule has 4 rings (SSSR count). The van der Waals surface area contributed by atoms with E-state index in [1.54, 1.807) is 11.8 Å². The lowest BCUT2D eigenvalue weighted by Crippen LogP contribution is -2.58. The Morgan fingerprint density at radius 2 is 1.94 bits per heavy atom. The third kappa shape index (κ3) is 4.60. The standard InChI is InChI=1S/C23H32N4O4/c1-26-19-6-4-3-5-18(19)20(25-26)22(29)27-12-9-23(10-13-27,11-16-30-2)24-21(28)17-7-14-31-15-8-17/h3-6,17H,7-16H2,1-2H3,(H,24,28). The Labute approximate surface area is 182 Å². The van der Waals surface area contributed by atoms with Crippen LogP contribution >= 0.6 is 0 Å². The molecule has 2 aliphatic heterocycles. The van der Waals surface area contributed by atoms with E-state index in [2.05, 4.69) is 10.4 Å². The van der Waals surface area contributed by atoms with Gasteiger partial charge in [-0.25, -0.2) is 0 Å². The average Bonchev–Trinajstić information content (AvgIpc) is 3.15. The number of piperidine rings is 1. The lowest BCUT2D eigenvalue weighted by molar-refractivity contribution is -0.130. The van der Waals surface area contributed by atoms with Gasteiger partial charge in [-0.2, -0.15) is 5.10 Å². The molecule has 1 aromatic heterocycles. The molecule has 0 radical (unpaired) electrons. The number of carbonyl (C=O) groups is 2. The number of methoxy groups -OCH3 is 1. The Balaban J connectivity index is 1.45. The average molecular weight is 429 g/mol. The van der Waals surface area contributed by atoms with E-state index in [1.807, 2.05) is 36.2 Å². The summed E-state index contributed by atoms with van der Waals surface area (Å²) in [5, 5.41) is 8.70. The van der Waals surface area contributed by atoms with Gasteiger partial charge in [0.25, 0.3) is 5.91 Å². The molecule has 3 heterocycles. The maximum absolute atomic E-state index is 13.2. The molecule has 2 aromatic rings. The van der Waals surface area contributed by atoms with E-state index in [-0.39, 0.29) is 23.3 Å². The van der Waals surface area contributed by atoms with Gasteiger partial charge < -0.3 is 19.7 Å². The summed E-state index contributed by atoms with van der Waals surface area (Å²) in [6.45, 7) is 3.03. The largest absolute Gasteiger partial charge is 0.385 e. The summed E-state index contributed by atoms with van der Waals surface area (Å²) in [5.74, 6) is 0.0653. The second-order valence-electron chi connectivity index (χ2n) is 8.68. The molecule has 0 bridgehead atoms. The van der Waals surface area contributed by atoms with Crippen molar-refractivity contribution in [3.05, 3.63) is 30.0 Å². The van der Waals surface area contributed by atoms with E-state index in [9.17, 15) is 9.59 Å². The summed E-state index contributed by atoms with van der Waals surface area (Å²) in [5.41, 5.74) is 1.10. The van der Waals surface area contributed by atoms with Gasteiger partial charge in [0.2, 0.25) is 5.91 Å². The van der Waals surface area contributed by atoms with Crippen LogP contribution in [-0.4, -0.2) is 72.1 Å². The van der Waals surface area contributed by atoms with E-state index in [0.717, 1.165) is 30.2 Å². The zero-order valence-corrected chi connectivity index (χ0v) is 18.4. The van der Waals surface area contributed by atoms with Crippen molar-refractivity contribution in [1.29, 1.82) is 0 Å². The first-order chi connectivity index (χ1) is 15.0. The summed E-state index contributed by atoms with van der Waals surface area (Å²) >= 11 is 0. The maximum Gasteiger partial charge on any atom is 0.275 e. The van der Waals surface area contributed by atoms with Crippen LogP contribution < -0.4 is 5.32 Å². The van der Waals surface area contributed by atoms with Crippen LogP contribution in [0.15, 0.2) is 24.3 Å². The second kappa shape index (κ2) is 9.36. The van der Waals surface area contributed by atoms with Crippen LogP contribution in [0.3, 0.4) is 0 Å². The highest BCUT2D eigenvalue weighted by Crippen LogP contribution is 2.29. The fourth-order valence-electron chi connectivity index (χ4n) is 4.72. The summed E-state index contributed by atoms with van der Waals surface area (Å²) in [7, 11) is 3.54. The number of rotatable bonds is 6. The molecule has 0 atom stereocenters. The van der Waals surface area contributed by atoms with Gasteiger partial charge in [-0.05, 0) is 38.2 Å². The first kappa shape index (κ1) is 21.8. The number of nitrogens with zero attached hydrogens (tertiary/aromatic N) is 3. The van der Waals surface area contributed by atoms with Crippen LogP contribution in [0.5, 0.6) is 0 Å². The van der Waals surface area contributed by atoms with Gasteiger partial charge in [0.15, 0.2) is 5.69 Å². The molecule has 168 valence electrons. The molecule has 2 saturated heterocycles. The van der Waals surface area contributed by atoms with E-state index < -0.39 is 0 Å². The number of para-hydroxylation sites is 1. The maximum atomic E-state index is 13.2. The Hall–Kier alpha value is -2.45. The Morgan fingerprint density at radius 3 is 2.65 bits per heavy atom. The van der Waals surface area contributed by atoms with Crippen molar-refractivity contribution in [2.75, 3.05) is 40.0 Å².